The van der Waals surface area contributed by atoms with Crippen LogP contribution in [-0.4, -0.2) is 28.9 Å². The van der Waals surface area contributed by atoms with Crippen LogP contribution in [0.15, 0.2) is 41.3 Å². The lowest BCUT2D eigenvalue weighted by Gasteiger charge is -2.30. The molecule has 0 spiro atoms. The predicted molar refractivity (Wildman–Crippen MR) is 104 cm³/mol. The highest BCUT2D eigenvalue weighted by Gasteiger charge is 2.22. The molecule has 0 aliphatic carbocycles. The van der Waals surface area contributed by atoms with E-state index in [9.17, 15) is 4.79 Å². The molecule has 2 aromatic rings. The van der Waals surface area contributed by atoms with E-state index in [0.717, 1.165) is 43.3 Å². The zero-order valence-corrected chi connectivity index (χ0v) is 16.1. The topological polar surface area (TPSA) is 33.2 Å². The van der Waals surface area contributed by atoms with E-state index < -0.39 is 0 Å². The van der Waals surface area contributed by atoms with Gasteiger partial charge in [0.1, 0.15) is 5.69 Å². The van der Waals surface area contributed by atoms with Crippen LogP contribution in [-0.2, 0) is 5.75 Å². The smallest absolute Gasteiger partial charge is 0.272 e. The van der Waals surface area contributed by atoms with E-state index in [-0.39, 0.29) is 5.91 Å². The number of pyridine rings is 1. The van der Waals surface area contributed by atoms with Gasteiger partial charge in [-0.2, -0.15) is 0 Å². The number of benzene rings is 1. The summed E-state index contributed by atoms with van der Waals surface area (Å²) in [7, 11) is 0. The lowest BCUT2D eigenvalue weighted by atomic mass is 9.99. The molecule has 1 amide bonds. The highest BCUT2D eigenvalue weighted by molar-refractivity contribution is 7.98. The van der Waals surface area contributed by atoms with Gasteiger partial charge in [0.2, 0.25) is 0 Å². The third-order valence-corrected chi connectivity index (χ3v) is 6.01. The fourth-order valence-electron chi connectivity index (χ4n) is 3.07. The zero-order chi connectivity index (χ0) is 17.8. The summed E-state index contributed by atoms with van der Waals surface area (Å²) in [5.41, 5.74) is 4.09. The molecule has 132 valence electrons. The van der Waals surface area contributed by atoms with Gasteiger partial charge in [-0.25, -0.2) is 4.98 Å². The number of piperidine rings is 1. The molecular formula is C21H26N2OS. The van der Waals surface area contributed by atoms with Crippen LogP contribution >= 0.6 is 11.8 Å². The van der Waals surface area contributed by atoms with Gasteiger partial charge >= 0.3 is 0 Å². The Morgan fingerprint density at radius 3 is 2.72 bits per heavy atom. The summed E-state index contributed by atoms with van der Waals surface area (Å²) in [6.45, 7) is 8.20. The van der Waals surface area contributed by atoms with Gasteiger partial charge in [0, 0.05) is 23.7 Å². The van der Waals surface area contributed by atoms with Crippen molar-refractivity contribution in [3.05, 3.63) is 58.9 Å². The van der Waals surface area contributed by atoms with Crippen molar-refractivity contribution < 1.29 is 4.79 Å². The third-order valence-electron chi connectivity index (χ3n) is 4.82. The summed E-state index contributed by atoms with van der Waals surface area (Å²) in [4.78, 5) is 20.5. The summed E-state index contributed by atoms with van der Waals surface area (Å²) in [5.74, 6) is 1.57. The predicted octanol–water partition coefficient (Wildman–Crippen LogP) is 4.86. The quantitative estimate of drug-likeness (QED) is 0.735. The van der Waals surface area contributed by atoms with Gasteiger partial charge in [0.15, 0.2) is 0 Å². The molecule has 0 N–H and O–H groups in total. The summed E-state index contributed by atoms with van der Waals surface area (Å²) in [5, 5.41) is 0. The number of hydrogen-bond donors (Lipinski definition) is 0. The van der Waals surface area contributed by atoms with Crippen molar-refractivity contribution in [2.75, 3.05) is 13.1 Å². The second-order valence-corrected chi connectivity index (χ2v) is 8.06. The molecule has 0 bridgehead atoms. The Kier molecular flexibility index (Phi) is 5.79. The number of rotatable bonds is 4. The molecule has 1 aromatic carbocycles. The van der Waals surface area contributed by atoms with Gasteiger partial charge in [-0.3, -0.25) is 4.79 Å². The molecule has 3 rings (SSSR count). The van der Waals surface area contributed by atoms with E-state index in [1.54, 1.807) is 11.8 Å². The normalized spacial score (nSPS) is 15.4. The maximum Gasteiger partial charge on any atom is 0.272 e. The molecule has 0 unspecified atom stereocenters. The van der Waals surface area contributed by atoms with Crippen LogP contribution in [0.5, 0.6) is 0 Å². The third kappa shape index (κ3) is 4.63. The van der Waals surface area contributed by atoms with Gasteiger partial charge in [-0.05, 0) is 56.4 Å². The van der Waals surface area contributed by atoms with Crippen LogP contribution in [0.25, 0.3) is 0 Å². The van der Waals surface area contributed by atoms with Crippen LogP contribution < -0.4 is 0 Å². The Hall–Kier alpha value is -1.81. The van der Waals surface area contributed by atoms with Gasteiger partial charge in [-0.15, -0.1) is 11.8 Å². The second-order valence-electron chi connectivity index (χ2n) is 7.05. The molecule has 0 radical (unpaired) electrons. The van der Waals surface area contributed by atoms with E-state index in [2.05, 4.69) is 44.0 Å². The molecule has 1 fully saturated rings. The Bertz CT molecular complexity index is 751. The SMILES string of the molecule is Cc1ccc(C)c(SCc2cccc(C(=O)N3CCC(C)CC3)n2)c1. The number of nitrogens with zero attached hydrogens (tertiary/aromatic N) is 2. The van der Waals surface area contributed by atoms with Crippen molar-refractivity contribution in [3.8, 4) is 0 Å². The maximum absolute atomic E-state index is 12.7. The van der Waals surface area contributed by atoms with Crippen molar-refractivity contribution in [3.63, 3.8) is 0 Å². The van der Waals surface area contributed by atoms with Crippen molar-refractivity contribution in [2.45, 2.75) is 44.3 Å². The second kappa shape index (κ2) is 8.05. The van der Waals surface area contributed by atoms with Crippen LogP contribution in [0.2, 0.25) is 0 Å². The summed E-state index contributed by atoms with van der Waals surface area (Å²) in [6.07, 6.45) is 2.18. The van der Waals surface area contributed by atoms with Gasteiger partial charge in [-0.1, -0.05) is 30.7 Å². The minimum Gasteiger partial charge on any atom is -0.337 e. The average Bonchev–Trinajstić information content (AvgIpc) is 2.63. The van der Waals surface area contributed by atoms with Crippen LogP contribution in [0.1, 0.15) is 47.1 Å². The Balaban J connectivity index is 1.67. The first-order chi connectivity index (χ1) is 12.0. The number of carbonyl (C=O) groups excluding carboxylic acids is 1. The van der Waals surface area contributed by atoms with Crippen molar-refractivity contribution >= 4 is 17.7 Å². The molecule has 25 heavy (non-hydrogen) atoms. The lowest BCUT2D eigenvalue weighted by Crippen LogP contribution is -2.38. The number of aryl methyl sites for hydroxylation is 2. The first kappa shape index (κ1) is 18.0. The summed E-state index contributed by atoms with van der Waals surface area (Å²) < 4.78 is 0. The lowest BCUT2D eigenvalue weighted by molar-refractivity contribution is 0.0691. The largest absolute Gasteiger partial charge is 0.337 e. The number of aromatic nitrogens is 1. The zero-order valence-electron chi connectivity index (χ0n) is 15.3. The average molecular weight is 355 g/mol. The van der Waals surface area contributed by atoms with Gasteiger partial charge in [0.05, 0.1) is 5.69 Å². The first-order valence-electron chi connectivity index (χ1n) is 8.98. The Morgan fingerprint density at radius 2 is 1.96 bits per heavy atom. The number of likely N-dealkylation sites (tertiary alicyclic amines) is 1. The van der Waals surface area contributed by atoms with Crippen LogP contribution in [0.4, 0.5) is 0 Å². The number of carbonyl (C=O) groups is 1. The first-order valence-corrected chi connectivity index (χ1v) is 9.97. The molecule has 0 saturated carbocycles. The molecule has 1 aliphatic heterocycles. The van der Waals surface area contributed by atoms with E-state index in [1.165, 1.54) is 16.0 Å². The van der Waals surface area contributed by atoms with Crippen molar-refractivity contribution in [1.82, 2.24) is 9.88 Å². The van der Waals surface area contributed by atoms with E-state index in [0.29, 0.717) is 5.69 Å². The van der Waals surface area contributed by atoms with Crippen molar-refractivity contribution in [1.29, 1.82) is 0 Å². The summed E-state index contributed by atoms with van der Waals surface area (Å²) >= 11 is 1.78. The summed E-state index contributed by atoms with van der Waals surface area (Å²) in [6, 6.07) is 12.3. The van der Waals surface area contributed by atoms with E-state index in [1.807, 2.05) is 23.1 Å². The van der Waals surface area contributed by atoms with Crippen molar-refractivity contribution in [2.24, 2.45) is 5.92 Å². The Labute approximate surface area is 154 Å². The standard InChI is InChI=1S/C21H26N2OS/c1-15-9-11-23(12-10-15)21(24)19-6-4-5-18(22-19)14-25-20-13-16(2)7-8-17(20)3/h4-8,13,15H,9-12,14H2,1-3H3. The monoisotopic (exact) mass is 354 g/mol. The minimum absolute atomic E-state index is 0.0745. The van der Waals surface area contributed by atoms with Crippen LogP contribution in [0.3, 0.4) is 0 Å². The fourth-order valence-corrected chi connectivity index (χ4v) is 4.10. The molecule has 1 aromatic heterocycles. The van der Waals surface area contributed by atoms with Crippen LogP contribution in [0, 0.1) is 19.8 Å². The highest BCUT2D eigenvalue weighted by Crippen LogP contribution is 2.26. The number of hydrogen-bond acceptors (Lipinski definition) is 3. The highest BCUT2D eigenvalue weighted by atomic mass is 32.2. The molecule has 4 heteroatoms. The van der Waals surface area contributed by atoms with E-state index >= 15 is 0 Å². The van der Waals surface area contributed by atoms with Gasteiger partial charge in [0.25, 0.3) is 5.91 Å². The molecule has 1 saturated heterocycles. The maximum atomic E-state index is 12.7. The molecule has 0 atom stereocenters. The number of thioether (sulfide) groups is 1. The van der Waals surface area contributed by atoms with E-state index in [4.69, 9.17) is 0 Å². The minimum atomic E-state index is 0.0745. The molecule has 3 nitrogen and oxygen atoms in total. The molecular weight excluding hydrogens is 328 g/mol. The fraction of sp³-hybridized carbons (Fsp3) is 0.429. The molecule has 2 heterocycles. The molecule has 1 aliphatic rings. The van der Waals surface area contributed by atoms with Gasteiger partial charge < -0.3 is 4.90 Å². The Morgan fingerprint density at radius 1 is 1.20 bits per heavy atom. The number of amides is 1.